The summed E-state index contributed by atoms with van der Waals surface area (Å²) in [6, 6.07) is 4.03. The largest absolute Gasteiger partial charge is 0.547 e. The molecule has 1 nitrogen and oxygen atoms in total. The van der Waals surface area contributed by atoms with Crippen LogP contribution in [0.25, 0.3) is 0 Å². The molecule has 1 aliphatic carbocycles. The summed E-state index contributed by atoms with van der Waals surface area (Å²) < 4.78 is 6.84. The summed E-state index contributed by atoms with van der Waals surface area (Å²) in [4.78, 5) is 0. The molecule has 23 heavy (non-hydrogen) atoms. The molecule has 0 aromatic rings. The van der Waals surface area contributed by atoms with Gasteiger partial charge in [-0.15, -0.1) is 0 Å². The van der Waals surface area contributed by atoms with Crippen LogP contribution in [0, 0.1) is 5.92 Å². The normalized spacial score (nSPS) is 18.5. The lowest BCUT2D eigenvalue weighted by atomic mass is 9.91. The van der Waals surface area contributed by atoms with E-state index in [1.807, 2.05) is 0 Å². The number of allylic oxidation sites excluding steroid dienone is 4. The number of hydrogen-bond donors (Lipinski definition) is 0. The zero-order valence-corrected chi connectivity index (χ0v) is 17.4. The van der Waals surface area contributed by atoms with Crippen LogP contribution < -0.4 is 0 Å². The van der Waals surface area contributed by atoms with Gasteiger partial charge in [-0.3, -0.25) is 0 Å². The highest BCUT2D eigenvalue weighted by atomic mass is 28.4. The summed E-state index contributed by atoms with van der Waals surface area (Å²) in [7, 11) is -1.54. The first kappa shape index (κ1) is 20.5. The summed E-state index contributed by atoms with van der Waals surface area (Å²) >= 11 is 0. The van der Waals surface area contributed by atoms with E-state index < -0.39 is 8.32 Å². The number of rotatable bonds is 11. The van der Waals surface area contributed by atoms with Crippen molar-refractivity contribution in [3.8, 4) is 0 Å². The fourth-order valence-electron chi connectivity index (χ4n) is 4.04. The molecule has 0 aromatic heterocycles. The molecule has 0 saturated heterocycles. The van der Waals surface area contributed by atoms with Crippen molar-refractivity contribution in [1.29, 1.82) is 0 Å². The second kappa shape index (κ2) is 11.1. The van der Waals surface area contributed by atoms with Gasteiger partial charge in [-0.1, -0.05) is 51.7 Å². The molecular weight excluding hydrogens is 296 g/mol. The molecule has 1 aliphatic rings. The third kappa shape index (κ3) is 7.74. The minimum Gasteiger partial charge on any atom is -0.547 e. The van der Waals surface area contributed by atoms with Gasteiger partial charge in [-0.2, -0.15) is 0 Å². The van der Waals surface area contributed by atoms with Crippen LogP contribution in [0.3, 0.4) is 0 Å². The van der Waals surface area contributed by atoms with Crippen LogP contribution in [-0.4, -0.2) is 8.32 Å². The van der Waals surface area contributed by atoms with Crippen molar-refractivity contribution in [2.45, 2.75) is 104 Å². The van der Waals surface area contributed by atoms with Gasteiger partial charge in [0.1, 0.15) is 0 Å². The number of hydrogen-bond acceptors (Lipinski definition) is 1. The van der Waals surface area contributed by atoms with Gasteiger partial charge in [-0.25, -0.2) is 0 Å². The van der Waals surface area contributed by atoms with Gasteiger partial charge in [0.2, 0.25) is 0 Å². The van der Waals surface area contributed by atoms with E-state index in [9.17, 15) is 0 Å². The summed E-state index contributed by atoms with van der Waals surface area (Å²) in [6.07, 6.45) is 15.1. The van der Waals surface area contributed by atoms with Crippen LogP contribution in [-0.2, 0) is 4.43 Å². The smallest absolute Gasteiger partial charge is 0.250 e. The maximum absolute atomic E-state index is 6.84. The van der Waals surface area contributed by atoms with Crippen molar-refractivity contribution < 1.29 is 4.43 Å². The van der Waals surface area contributed by atoms with E-state index in [0.29, 0.717) is 0 Å². The topological polar surface area (TPSA) is 9.23 Å². The molecule has 0 radical (unpaired) electrons. The minimum absolute atomic E-state index is 0.742. The van der Waals surface area contributed by atoms with E-state index in [4.69, 9.17) is 4.43 Å². The predicted octanol–water partition coefficient (Wildman–Crippen LogP) is 7.61. The Labute approximate surface area is 146 Å². The second-order valence-corrected chi connectivity index (χ2v) is 11.7. The zero-order chi connectivity index (χ0) is 17.1. The SMILES string of the molecule is CCC[Si](CCC)(CCC)OC1=CC(CCC=C(C)C)CCC1. The molecule has 0 bridgehead atoms. The molecule has 134 valence electrons. The Morgan fingerprint density at radius 1 is 1.13 bits per heavy atom. The molecule has 0 N–H and O–H groups in total. The monoisotopic (exact) mass is 336 g/mol. The molecule has 1 unspecified atom stereocenters. The van der Waals surface area contributed by atoms with Crippen molar-refractivity contribution in [3.05, 3.63) is 23.5 Å². The van der Waals surface area contributed by atoms with Crippen molar-refractivity contribution >= 4 is 8.32 Å². The van der Waals surface area contributed by atoms with E-state index in [0.717, 1.165) is 5.92 Å². The van der Waals surface area contributed by atoms with Crippen molar-refractivity contribution in [1.82, 2.24) is 0 Å². The van der Waals surface area contributed by atoms with Gasteiger partial charge in [0.15, 0.2) is 0 Å². The Kier molecular flexibility index (Phi) is 9.93. The summed E-state index contributed by atoms with van der Waals surface area (Å²) in [5.41, 5.74) is 1.45. The van der Waals surface area contributed by atoms with Crippen LogP contribution in [0.15, 0.2) is 23.5 Å². The maximum atomic E-state index is 6.84. The Morgan fingerprint density at radius 2 is 1.74 bits per heavy atom. The van der Waals surface area contributed by atoms with Gasteiger partial charge in [0.05, 0.1) is 5.76 Å². The first-order valence-corrected chi connectivity index (χ1v) is 12.6. The first-order chi connectivity index (χ1) is 11.0. The fourth-order valence-corrected chi connectivity index (χ4v) is 8.56. The van der Waals surface area contributed by atoms with Crippen LogP contribution in [0.5, 0.6) is 0 Å². The van der Waals surface area contributed by atoms with E-state index >= 15 is 0 Å². The summed E-state index contributed by atoms with van der Waals surface area (Å²) in [5, 5.41) is 0. The first-order valence-electron chi connectivity index (χ1n) is 10.1. The fraction of sp³-hybridized carbons (Fsp3) is 0.810. The molecular formula is C21H40OSi. The maximum Gasteiger partial charge on any atom is 0.250 e. The van der Waals surface area contributed by atoms with Gasteiger partial charge in [0, 0.05) is 6.42 Å². The molecule has 0 fully saturated rings. The van der Waals surface area contributed by atoms with E-state index in [1.165, 1.54) is 80.8 Å². The molecule has 0 saturated carbocycles. The van der Waals surface area contributed by atoms with E-state index in [1.54, 1.807) is 0 Å². The zero-order valence-electron chi connectivity index (χ0n) is 16.4. The van der Waals surface area contributed by atoms with E-state index in [-0.39, 0.29) is 0 Å². The Hall–Kier alpha value is -0.503. The molecule has 1 atom stereocenters. The quantitative estimate of drug-likeness (QED) is 0.278. The average Bonchev–Trinajstić information content (AvgIpc) is 2.48. The molecule has 1 rings (SSSR count). The van der Waals surface area contributed by atoms with Gasteiger partial charge >= 0.3 is 0 Å². The van der Waals surface area contributed by atoms with Crippen LogP contribution in [0.1, 0.15) is 86.0 Å². The molecule has 0 spiro atoms. The Bertz CT molecular complexity index is 362. The van der Waals surface area contributed by atoms with Crippen LogP contribution in [0.4, 0.5) is 0 Å². The van der Waals surface area contributed by atoms with Crippen LogP contribution in [0.2, 0.25) is 18.1 Å². The molecule has 0 heterocycles. The summed E-state index contributed by atoms with van der Waals surface area (Å²) in [5.74, 6) is 2.10. The highest BCUT2D eigenvalue weighted by Gasteiger charge is 2.35. The third-order valence-electron chi connectivity index (χ3n) is 4.97. The second-order valence-electron chi connectivity index (χ2n) is 7.68. The van der Waals surface area contributed by atoms with Crippen LogP contribution >= 0.6 is 0 Å². The molecule has 0 aromatic carbocycles. The predicted molar refractivity (Wildman–Crippen MR) is 106 cm³/mol. The highest BCUT2D eigenvalue weighted by Crippen LogP contribution is 2.34. The standard InChI is InChI=1S/C21H40OSi/c1-6-15-23(16-7-2,17-8-3)22-21-14-10-13-20(18-21)12-9-11-19(4)5/h11,18,20H,6-10,12-17H2,1-5H3. The lowest BCUT2D eigenvalue weighted by Crippen LogP contribution is -2.37. The van der Waals surface area contributed by atoms with Crippen molar-refractivity contribution in [2.24, 2.45) is 5.92 Å². The Morgan fingerprint density at radius 3 is 2.26 bits per heavy atom. The average molecular weight is 337 g/mol. The third-order valence-corrected chi connectivity index (χ3v) is 9.90. The molecule has 0 aliphatic heterocycles. The summed E-state index contributed by atoms with van der Waals surface area (Å²) in [6.45, 7) is 11.4. The lowest BCUT2D eigenvalue weighted by Gasteiger charge is -2.35. The van der Waals surface area contributed by atoms with Crippen molar-refractivity contribution in [3.63, 3.8) is 0 Å². The van der Waals surface area contributed by atoms with Crippen molar-refractivity contribution in [2.75, 3.05) is 0 Å². The Balaban J connectivity index is 2.72. The van der Waals surface area contributed by atoms with Gasteiger partial charge in [-0.05, 0) is 69.7 Å². The highest BCUT2D eigenvalue weighted by molar-refractivity contribution is 6.74. The minimum atomic E-state index is -1.54. The van der Waals surface area contributed by atoms with E-state index in [2.05, 4.69) is 46.8 Å². The van der Waals surface area contributed by atoms with Gasteiger partial charge in [0.25, 0.3) is 8.32 Å². The molecule has 2 heteroatoms. The van der Waals surface area contributed by atoms with Gasteiger partial charge < -0.3 is 4.43 Å². The molecule has 0 amide bonds. The lowest BCUT2D eigenvalue weighted by molar-refractivity contribution is 0.339.